The minimum absolute atomic E-state index is 0.00451. The number of aromatic nitrogens is 1. The number of benzene rings is 5. The SMILES string of the molecule is Cc1ncsc1-c1ccc([C@H](C)NC(=O)[C@@H]2C[C@@H](O)CN2C(=O)[C@@H](NC(=O)CCCCCCC(=O)N2C[C@@H]3C[C@H]2CN3CC[C@H](CSc2ccccc2)Nc2ccc(S(=O)(=O)NC(=O)c3ccc(N4CCN(CC5=C(c6ccc(Cl)cc6)CCCCC5)CC4)cc3)cc2S(=O)(=O)C(F)(F)F)C(C)(C)C)cc1. The van der Waals surface area contributed by atoms with Crippen molar-refractivity contribution in [3.8, 4) is 10.4 Å². The van der Waals surface area contributed by atoms with Crippen molar-refractivity contribution in [2.75, 3.05) is 74.9 Å². The van der Waals surface area contributed by atoms with E-state index in [4.69, 9.17) is 11.6 Å². The van der Waals surface area contributed by atoms with Crippen LogP contribution < -0.4 is 25.6 Å². The van der Waals surface area contributed by atoms with Crippen LogP contribution in [-0.2, 0) is 39.0 Å². The highest BCUT2D eigenvalue weighted by atomic mass is 35.5. The molecule has 5 amide bonds. The molecule has 0 spiro atoms. The Morgan fingerprint density at radius 1 is 0.755 bits per heavy atom. The number of fused-ring (bicyclic) bond motifs is 2. The zero-order valence-electron chi connectivity index (χ0n) is 60.6. The molecule has 6 aromatic rings. The Hall–Kier alpha value is -7.37. The number of thiazole rings is 1. The van der Waals surface area contributed by atoms with E-state index in [0.717, 1.165) is 96.2 Å². The van der Waals surface area contributed by atoms with Crippen molar-refractivity contribution in [1.29, 1.82) is 0 Å². The summed E-state index contributed by atoms with van der Waals surface area (Å²) < 4.78 is 101. The summed E-state index contributed by atoms with van der Waals surface area (Å²) in [4.78, 5) is 83.2. The Morgan fingerprint density at radius 2 is 1.44 bits per heavy atom. The summed E-state index contributed by atoms with van der Waals surface area (Å²) in [5, 5.41) is 20.5. The van der Waals surface area contributed by atoms with Gasteiger partial charge >= 0.3 is 5.51 Å². The molecule has 28 heteroatoms. The van der Waals surface area contributed by atoms with E-state index in [-0.39, 0.29) is 60.6 Å². The molecule has 0 radical (unpaired) electrons. The zero-order valence-corrected chi connectivity index (χ0v) is 64.6. The molecule has 2 bridgehead atoms. The maximum Gasteiger partial charge on any atom is 0.501 e. The third-order valence-electron chi connectivity index (χ3n) is 21.0. The number of β-amino-alcohol motifs (C(OH)–C–C–N with tert-alkyl or cyclic N) is 1. The van der Waals surface area contributed by atoms with E-state index in [1.165, 1.54) is 51.9 Å². The molecule has 5 heterocycles. The van der Waals surface area contributed by atoms with Crippen LogP contribution in [-0.4, -0.2) is 183 Å². The van der Waals surface area contributed by atoms with Crippen LogP contribution in [0.15, 0.2) is 147 Å². The number of amides is 5. The van der Waals surface area contributed by atoms with E-state index in [0.29, 0.717) is 82.3 Å². The number of allylic oxidation sites excluding steroid dienone is 1. The molecule has 11 rings (SSSR count). The maximum atomic E-state index is 14.6. The van der Waals surface area contributed by atoms with Crippen LogP contribution in [0.3, 0.4) is 0 Å². The Balaban J connectivity index is 0.642. The zero-order chi connectivity index (χ0) is 75.7. The first kappa shape index (κ1) is 79.7. The molecule has 1 aliphatic carbocycles. The summed E-state index contributed by atoms with van der Waals surface area (Å²) in [6.07, 6.45) is 8.65. The quantitative estimate of drug-likeness (QED) is 0.0216. The van der Waals surface area contributed by atoms with E-state index in [1.807, 2.05) is 111 Å². The second-order valence-corrected chi connectivity index (χ2v) is 35.6. The second-order valence-electron chi connectivity index (χ2n) is 29.6. The number of unbranched alkanes of at least 4 members (excludes halogenated alkanes) is 3. The monoisotopic (exact) mass is 1550 g/mol. The molecular weight excluding hydrogens is 1460 g/mol. The van der Waals surface area contributed by atoms with Gasteiger partial charge in [0.05, 0.1) is 38.8 Å². The largest absolute Gasteiger partial charge is 0.501 e. The van der Waals surface area contributed by atoms with Gasteiger partial charge in [0.1, 0.15) is 17.0 Å². The number of rotatable bonds is 29. The number of halogens is 4. The number of nitrogens with one attached hydrogen (secondary N) is 4. The average molecular weight is 1550 g/mol. The molecule has 570 valence electrons. The van der Waals surface area contributed by atoms with Crippen LogP contribution >= 0.6 is 34.7 Å². The van der Waals surface area contributed by atoms with Gasteiger partial charge < -0.3 is 35.8 Å². The number of sulfone groups is 1. The summed E-state index contributed by atoms with van der Waals surface area (Å²) in [7, 11) is -11.1. The van der Waals surface area contributed by atoms with Gasteiger partial charge in [-0.15, -0.1) is 23.1 Å². The van der Waals surface area contributed by atoms with Gasteiger partial charge in [-0.25, -0.2) is 26.5 Å². The lowest BCUT2D eigenvalue weighted by Crippen LogP contribution is -2.57. The second kappa shape index (κ2) is 34.9. The first-order valence-corrected chi connectivity index (χ1v) is 41.8. The topological polar surface area (TPSA) is 251 Å². The van der Waals surface area contributed by atoms with Gasteiger partial charge in [-0.2, -0.15) is 13.2 Å². The fourth-order valence-electron chi connectivity index (χ4n) is 15.0. The van der Waals surface area contributed by atoms with Crippen LogP contribution in [0.2, 0.25) is 5.02 Å². The number of likely N-dealkylation sites (tertiary alicyclic amines) is 3. The number of nitrogens with zero attached hydrogens (tertiary/aromatic N) is 6. The van der Waals surface area contributed by atoms with Crippen molar-refractivity contribution in [3.05, 3.63) is 160 Å². The standard InChI is InChI=1S/C78H96ClF3N10O10S4/c1-51(53-22-24-55(25-23-53)72-52(2)83-50-104-72)84-75(97)68-43-63(93)48-92(68)76(98)73(77(3,4)5)86-70(94)20-14-6-7-15-21-71(95)91-47-61-42-62(91)46-90(61)37-36-59(49-103-64-17-11-9-12-18-64)85-67-35-34-65(44-69(67)105(99,100)78(80,81)82)106(101,102)87-74(96)56-28-32-60(33-29-56)89-40-38-88(39-41-89)45-57-16-10-8-13-19-66(57)54-26-30-58(79)31-27-54/h9,11-12,17-18,22-35,44,50-51,59,61-63,68,73,85,93H,6-8,10,13-16,19-21,36-43,45-49H2,1-5H3,(H,84,97)(H,86,94)(H,87,96)/t51-,59+,61-,62-,63+,68-,73+/m0/s1. The highest BCUT2D eigenvalue weighted by Gasteiger charge is 2.50. The normalized spacial score (nSPS) is 19.9. The van der Waals surface area contributed by atoms with Crippen molar-refractivity contribution in [2.24, 2.45) is 5.41 Å². The van der Waals surface area contributed by atoms with E-state index in [2.05, 4.69) is 47.8 Å². The molecule has 5 N–H and O–H groups in total. The third-order valence-corrected chi connectivity index (χ3v) is 26.2. The minimum Gasteiger partial charge on any atom is -0.391 e. The Kier molecular flexibility index (Phi) is 26.2. The van der Waals surface area contributed by atoms with Crippen LogP contribution in [0.1, 0.15) is 151 Å². The maximum absolute atomic E-state index is 14.6. The number of hydrogen-bond acceptors (Lipinski definition) is 17. The molecule has 106 heavy (non-hydrogen) atoms. The molecule has 4 saturated heterocycles. The van der Waals surface area contributed by atoms with Gasteiger partial charge in [0.25, 0.3) is 25.8 Å². The van der Waals surface area contributed by atoms with E-state index < -0.39 is 88.2 Å². The molecule has 4 fully saturated rings. The fourth-order valence-corrected chi connectivity index (χ4v) is 19.0. The van der Waals surface area contributed by atoms with Gasteiger partial charge in [0, 0.05) is 123 Å². The molecule has 20 nitrogen and oxygen atoms in total. The van der Waals surface area contributed by atoms with E-state index >= 15 is 0 Å². The lowest BCUT2D eigenvalue weighted by molar-refractivity contribution is -0.144. The van der Waals surface area contributed by atoms with Gasteiger partial charge in [-0.1, -0.05) is 112 Å². The van der Waals surface area contributed by atoms with Crippen molar-refractivity contribution in [3.63, 3.8) is 0 Å². The van der Waals surface area contributed by atoms with E-state index in [9.17, 15) is 59.1 Å². The Labute approximate surface area is 633 Å². The number of anilines is 2. The number of carbonyl (C=O) groups is 5. The fraction of sp³-hybridized carbons (Fsp3) is 0.487. The van der Waals surface area contributed by atoms with Gasteiger partial charge in [-0.05, 0) is 160 Å². The van der Waals surface area contributed by atoms with Crippen LogP contribution in [0, 0.1) is 12.3 Å². The predicted octanol–water partition coefficient (Wildman–Crippen LogP) is 12.7. The number of aliphatic hydroxyl groups is 1. The van der Waals surface area contributed by atoms with Crippen molar-refractivity contribution >= 4 is 101 Å². The van der Waals surface area contributed by atoms with Crippen LogP contribution in [0.4, 0.5) is 24.5 Å². The molecular formula is C78H96ClF3N10O10S4. The highest BCUT2D eigenvalue weighted by molar-refractivity contribution is 7.99. The lowest BCUT2D eigenvalue weighted by Gasteiger charge is -2.37. The molecule has 1 aromatic heterocycles. The molecule has 5 aliphatic rings. The highest BCUT2D eigenvalue weighted by Crippen LogP contribution is 2.40. The van der Waals surface area contributed by atoms with Crippen molar-refractivity contribution in [1.82, 2.24) is 39.9 Å². The minimum atomic E-state index is -6.18. The number of carbonyl (C=O) groups excluding carboxylic acids is 5. The molecule has 5 aromatic carbocycles. The summed E-state index contributed by atoms with van der Waals surface area (Å²) in [6.45, 7) is 14.7. The number of alkyl halides is 3. The Bertz CT molecular complexity index is 4350. The average Bonchev–Trinajstić information content (AvgIpc) is 1.19. The number of sulfonamides is 1. The smallest absolute Gasteiger partial charge is 0.391 e. The Morgan fingerprint density at radius 3 is 2.10 bits per heavy atom. The first-order valence-electron chi connectivity index (χ1n) is 36.6. The number of piperazine rings is 2. The summed E-state index contributed by atoms with van der Waals surface area (Å²) >= 11 is 9.18. The number of hydrogen-bond donors (Lipinski definition) is 5. The number of aryl methyl sites for hydroxylation is 1. The molecule has 0 unspecified atom stereocenters. The van der Waals surface area contributed by atoms with Gasteiger partial charge in [-0.3, -0.25) is 33.8 Å². The van der Waals surface area contributed by atoms with Crippen LogP contribution in [0.25, 0.3) is 16.0 Å². The van der Waals surface area contributed by atoms with Gasteiger partial charge in [0.15, 0.2) is 0 Å². The number of aliphatic hydroxyl groups excluding tert-OH is 1. The molecule has 0 saturated carbocycles. The summed E-state index contributed by atoms with van der Waals surface area (Å²) in [5.41, 5.74) is 2.47. The predicted molar refractivity (Wildman–Crippen MR) is 410 cm³/mol. The third kappa shape index (κ3) is 19.9. The summed E-state index contributed by atoms with van der Waals surface area (Å²) in [6, 6.07) is 31.0. The van der Waals surface area contributed by atoms with Crippen molar-refractivity contribution < 1.29 is 59.1 Å². The molecule has 7 atom stereocenters. The van der Waals surface area contributed by atoms with Gasteiger partial charge in [0.2, 0.25) is 23.6 Å². The van der Waals surface area contributed by atoms with E-state index in [1.54, 1.807) is 29.0 Å². The number of thioether (sulfide) groups is 1. The van der Waals surface area contributed by atoms with Crippen LogP contribution in [0.5, 0.6) is 0 Å². The molecule has 4 aliphatic heterocycles. The van der Waals surface area contributed by atoms with Crippen molar-refractivity contribution in [2.45, 2.75) is 187 Å². The first-order chi connectivity index (χ1) is 50.5. The lowest BCUT2D eigenvalue weighted by atomic mass is 9.85. The summed E-state index contributed by atoms with van der Waals surface area (Å²) in [5.74, 6) is -1.93.